The Hall–Kier alpha value is -3.16. The molecule has 31 heavy (non-hydrogen) atoms. The Morgan fingerprint density at radius 1 is 1.26 bits per heavy atom. The van der Waals surface area contributed by atoms with Crippen LogP contribution in [-0.4, -0.2) is 53.0 Å². The molecule has 1 saturated heterocycles. The number of piperidine rings is 1. The quantitative estimate of drug-likeness (QED) is 0.789. The lowest BCUT2D eigenvalue weighted by molar-refractivity contribution is -0.141. The number of aromatic nitrogens is 2. The topological polar surface area (TPSA) is 98.4 Å². The van der Waals surface area contributed by atoms with Gasteiger partial charge in [0.05, 0.1) is 11.6 Å². The molecule has 0 atom stereocenters. The van der Waals surface area contributed by atoms with Gasteiger partial charge in [0.25, 0.3) is 5.91 Å². The smallest absolute Gasteiger partial charge is 0.251 e. The molecule has 5 rings (SSSR count). The Morgan fingerprint density at radius 2 is 2.03 bits per heavy atom. The second-order valence-electron chi connectivity index (χ2n) is 8.92. The summed E-state index contributed by atoms with van der Waals surface area (Å²) in [5.41, 5.74) is 2.55. The summed E-state index contributed by atoms with van der Waals surface area (Å²) in [5, 5.41) is 9.52. The van der Waals surface area contributed by atoms with Crippen LogP contribution >= 0.6 is 0 Å². The van der Waals surface area contributed by atoms with E-state index in [9.17, 15) is 14.4 Å². The van der Waals surface area contributed by atoms with Crippen molar-refractivity contribution in [1.29, 1.82) is 0 Å². The number of hydrogen-bond acceptors (Lipinski definition) is 4. The summed E-state index contributed by atoms with van der Waals surface area (Å²) < 4.78 is 0. The predicted octanol–water partition coefficient (Wildman–Crippen LogP) is 1.98. The van der Waals surface area contributed by atoms with Crippen LogP contribution in [0.25, 0.3) is 0 Å². The maximum absolute atomic E-state index is 13.3. The molecule has 1 aromatic heterocycles. The molecule has 162 valence electrons. The van der Waals surface area contributed by atoms with Crippen molar-refractivity contribution in [3.8, 4) is 0 Å². The fourth-order valence-electron chi connectivity index (χ4n) is 5.06. The van der Waals surface area contributed by atoms with Crippen LogP contribution in [0.5, 0.6) is 0 Å². The molecular weight excluding hydrogens is 394 g/mol. The minimum atomic E-state index is -0.651. The fraction of sp³-hybridized carbons (Fsp3) is 0.478. The number of fused-ring (bicyclic) bond motifs is 2. The van der Waals surface area contributed by atoms with Crippen molar-refractivity contribution in [2.24, 2.45) is 5.92 Å². The molecule has 2 N–H and O–H groups in total. The van der Waals surface area contributed by atoms with Gasteiger partial charge in [0.1, 0.15) is 0 Å². The lowest BCUT2D eigenvalue weighted by Crippen LogP contribution is -2.51. The van der Waals surface area contributed by atoms with Crippen molar-refractivity contribution in [3.05, 3.63) is 47.3 Å². The number of aromatic amines is 1. The number of likely N-dealkylation sites (tertiary alicyclic amines) is 1. The minimum Gasteiger partial charge on any atom is -0.348 e. The van der Waals surface area contributed by atoms with Gasteiger partial charge >= 0.3 is 0 Å². The number of likely N-dealkylation sites (N-methyl/N-ethyl adjacent to an activating group) is 1. The standard InChI is InChI=1S/C23H27N5O3/c1-27-19-6-5-17(20(29)24-12-15-13-25-26-14-15)11-18(19)23(22(27)31)7-9-28(10-8-23)21(30)16-3-2-4-16/h5-6,11,13-14,16H,2-4,7-10,12H2,1H3,(H,24,29)(H,25,26). The van der Waals surface area contributed by atoms with Crippen molar-refractivity contribution < 1.29 is 14.4 Å². The van der Waals surface area contributed by atoms with Crippen molar-refractivity contribution >= 4 is 23.4 Å². The van der Waals surface area contributed by atoms with E-state index < -0.39 is 5.41 Å². The molecule has 1 aliphatic carbocycles. The molecule has 0 radical (unpaired) electrons. The molecule has 3 amide bonds. The second-order valence-corrected chi connectivity index (χ2v) is 8.92. The number of hydrogen-bond donors (Lipinski definition) is 2. The highest BCUT2D eigenvalue weighted by Crippen LogP contribution is 2.48. The summed E-state index contributed by atoms with van der Waals surface area (Å²) in [4.78, 5) is 42.3. The third-order valence-electron chi connectivity index (χ3n) is 7.24. The van der Waals surface area contributed by atoms with E-state index in [2.05, 4.69) is 15.5 Å². The Kier molecular flexibility index (Phi) is 4.79. The Bertz CT molecular complexity index is 1020. The van der Waals surface area contributed by atoms with Crippen molar-refractivity contribution in [3.63, 3.8) is 0 Å². The lowest BCUT2D eigenvalue weighted by atomic mass is 9.72. The van der Waals surface area contributed by atoms with E-state index in [1.807, 2.05) is 17.0 Å². The summed E-state index contributed by atoms with van der Waals surface area (Å²) in [6, 6.07) is 5.49. The molecule has 8 heteroatoms. The Labute approximate surface area is 181 Å². The molecule has 1 spiro atoms. The van der Waals surface area contributed by atoms with Gasteiger partial charge < -0.3 is 15.1 Å². The normalized spacial score (nSPS) is 20.0. The highest BCUT2D eigenvalue weighted by molar-refractivity contribution is 6.09. The van der Waals surface area contributed by atoms with Gasteiger partial charge in [0.2, 0.25) is 11.8 Å². The number of anilines is 1. The first-order chi connectivity index (χ1) is 15.0. The van der Waals surface area contributed by atoms with Gasteiger partial charge in [-0.3, -0.25) is 19.5 Å². The predicted molar refractivity (Wildman–Crippen MR) is 114 cm³/mol. The highest BCUT2D eigenvalue weighted by atomic mass is 16.2. The molecule has 2 aliphatic heterocycles. The second kappa shape index (κ2) is 7.51. The first-order valence-corrected chi connectivity index (χ1v) is 11.0. The summed E-state index contributed by atoms with van der Waals surface area (Å²) in [6.45, 7) is 1.56. The van der Waals surface area contributed by atoms with Crippen LogP contribution in [0.15, 0.2) is 30.6 Å². The summed E-state index contributed by atoms with van der Waals surface area (Å²) in [7, 11) is 1.79. The maximum atomic E-state index is 13.3. The van der Waals surface area contributed by atoms with E-state index in [1.165, 1.54) is 0 Å². The lowest BCUT2D eigenvalue weighted by Gasteiger charge is -2.40. The average Bonchev–Trinajstić information content (AvgIpc) is 3.34. The van der Waals surface area contributed by atoms with Crippen molar-refractivity contribution in [2.45, 2.75) is 44.1 Å². The minimum absolute atomic E-state index is 0.0641. The van der Waals surface area contributed by atoms with E-state index in [-0.39, 0.29) is 23.6 Å². The van der Waals surface area contributed by atoms with E-state index in [4.69, 9.17) is 0 Å². The van der Waals surface area contributed by atoms with Gasteiger partial charge in [-0.15, -0.1) is 0 Å². The van der Waals surface area contributed by atoms with Crippen LogP contribution in [-0.2, 0) is 21.5 Å². The SMILES string of the molecule is CN1C(=O)C2(CCN(C(=O)C3CCC3)CC2)c2cc(C(=O)NCc3cn[nH]c3)ccc21. The third-order valence-corrected chi connectivity index (χ3v) is 7.24. The van der Waals surface area contributed by atoms with Crippen LogP contribution in [0.4, 0.5) is 5.69 Å². The van der Waals surface area contributed by atoms with Crippen molar-refractivity contribution in [2.75, 3.05) is 25.0 Å². The number of rotatable bonds is 4. The average molecular weight is 422 g/mol. The fourth-order valence-corrected chi connectivity index (χ4v) is 5.06. The summed E-state index contributed by atoms with van der Waals surface area (Å²) in [6.07, 6.45) is 7.72. The Morgan fingerprint density at radius 3 is 2.68 bits per heavy atom. The van der Waals surface area contributed by atoms with Gasteiger partial charge in [0, 0.05) is 55.6 Å². The maximum Gasteiger partial charge on any atom is 0.251 e. The largest absolute Gasteiger partial charge is 0.348 e. The molecule has 8 nitrogen and oxygen atoms in total. The number of carbonyl (C=O) groups excluding carboxylic acids is 3. The van der Waals surface area contributed by atoms with Crippen LogP contribution in [0.2, 0.25) is 0 Å². The van der Waals surface area contributed by atoms with Gasteiger partial charge in [0.15, 0.2) is 0 Å². The van der Waals surface area contributed by atoms with E-state index in [0.29, 0.717) is 38.0 Å². The van der Waals surface area contributed by atoms with Gasteiger partial charge in [-0.05, 0) is 49.4 Å². The number of benzene rings is 1. The number of carbonyl (C=O) groups is 3. The van der Waals surface area contributed by atoms with E-state index in [0.717, 1.165) is 36.1 Å². The third kappa shape index (κ3) is 3.21. The molecule has 1 aromatic carbocycles. The first-order valence-electron chi connectivity index (χ1n) is 11.0. The van der Waals surface area contributed by atoms with Crippen molar-refractivity contribution in [1.82, 2.24) is 20.4 Å². The molecule has 0 unspecified atom stereocenters. The number of nitrogens with one attached hydrogen (secondary N) is 2. The van der Waals surface area contributed by atoms with E-state index >= 15 is 0 Å². The number of amides is 3. The summed E-state index contributed by atoms with van der Waals surface area (Å²) >= 11 is 0. The zero-order chi connectivity index (χ0) is 21.6. The molecular formula is C23H27N5O3. The molecule has 3 aliphatic rings. The van der Waals surface area contributed by atoms with Crippen LogP contribution < -0.4 is 10.2 Å². The number of nitrogens with zero attached hydrogens (tertiary/aromatic N) is 3. The van der Waals surface area contributed by atoms with E-state index in [1.54, 1.807) is 30.4 Å². The molecule has 2 aromatic rings. The van der Waals surface area contributed by atoms with Crippen LogP contribution in [0, 0.1) is 5.92 Å². The monoisotopic (exact) mass is 421 g/mol. The zero-order valence-corrected chi connectivity index (χ0v) is 17.7. The molecule has 1 saturated carbocycles. The molecule has 3 heterocycles. The van der Waals surface area contributed by atoms with Gasteiger partial charge in [-0.25, -0.2) is 0 Å². The molecule has 2 fully saturated rings. The zero-order valence-electron chi connectivity index (χ0n) is 17.7. The van der Waals surface area contributed by atoms with Crippen LogP contribution in [0.3, 0.4) is 0 Å². The van der Waals surface area contributed by atoms with Gasteiger partial charge in [-0.2, -0.15) is 5.10 Å². The van der Waals surface area contributed by atoms with Gasteiger partial charge in [-0.1, -0.05) is 6.42 Å². The highest BCUT2D eigenvalue weighted by Gasteiger charge is 2.52. The first kappa shape index (κ1) is 19.8. The summed E-state index contributed by atoms with van der Waals surface area (Å²) in [5.74, 6) is 0.300. The number of H-pyrrole nitrogens is 1. The van der Waals surface area contributed by atoms with Crippen LogP contribution in [0.1, 0.15) is 53.6 Å². The molecule has 0 bridgehead atoms. The Balaban J connectivity index is 1.36.